The molecule has 0 spiro atoms. The molecule has 3 rings (SSSR count). The van der Waals surface area contributed by atoms with E-state index in [-0.39, 0.29) is 28.5 Å². The molecule has 10 nitrogen and oxygen atoms in total. The zero-order chi connectivity index (χ0) is 29.6. The number of benzene rings is 2. The Morgan fingerprint density at radius 2 is 1.68 bits per heavy atom. The number of carbonyl (C=O) groups is 4. The highest BCUT2D eigenvalue weighted by atomic mass is 35.5. The van der Waals surface area contributed by atoms with E-state index in [2.05, 4.69) is 11.9 Å². The van der Waals surface area contributed by atoms with Gasteiger partial charge in [0.1, 0.15) is 23.0 Å². The van der Waals surface area contributed by atoms with Crippen molar-refractivity contribution in [1.82, 2.24) is 10.2 Å². The summed E-state index contributed by atoms with van der Waals surface area (Å²) in [6.45, 7) is 8.93. The van der Waals surface area contributed by atoms with Gasteiger partial charge in [0.15, 0.2) is 12.1 Å². The molecule has 1 aliphatic heterocycles. The lowest BCUT2D eigenvalue weighted by molar-refractivity contribution is -0.163. The first-order chi connectivity index (χ1) is 18.9. The predicted octanol–water partition coefficient (Wildman–Crippen LogP) is 4.35. The van der Waals surface area contributed by atoms with Gasteiger partial charge in [-0.15, -0.1) is 11.6 Å². The second-order valence-electron chi connectivity index (χ2n) is 9.74. The number of likely N-dealkylation sites (tertiary alicyclic amines) is 1. The average molecular weight is 593 g/mol. The lowest BCUT2D eigenvalue weighted by atomic mass is 9.98. The number of alkyl halides is 2. The van der Waals surface area contributed by atoms with Crippen molar-refractivity contribution in [3.63, 3.8) is 0 Å². The van der Waals surface area contributed by atoms with Gasteiger partial charge in [0.2, 0.25) is 0 Å². The summed E-state index contributed by atoms with van der Waals surface area (Å²) in [7, 11) is 1.16. The normalized spacial score (nSPS) is 18.1. The number of hydrogen-bond acceptors (Lipinski definition) is 8. The summed E-state index contributed by atoms with van der Waals surface area (Å²) >= 11 is 12.3. The Hall–Kier alpha value is -3.60. The van der Waals surface area contributed by atoms with Gasteiger partial charge >= 0.3 is 12.1 Å². The first-order valence-electron chi connectivity index (χ1n) is 12.2. The van der Waals surface area contributed by atoms with Crippen molar-refractivity contribution < 1.29 is 38.1 Å². The largest absolute Gasteiger partial charge is 0.519 e. The van der Waals surface area contributed by atoms with E-state index in [1.807, 2.05) is 0 Å². The number of β-lactam (4-membered cyclic amide) rings is 1. The van der Waals surface area contributed by atoms with Crippen LogP contribution in [0.5, 0.6) is 11.5 Å². The molecule has 1 saturated heterocycles. The van der Waals surface area contributed by atoms with Crippen LogP contribution in [0.4, 0.5) is 4.79 Å². The summed E-state index contributed by atoms with van der Waals surface area (Å²) in [4.78, 5) is 52.4. The minimum absolute atomic E-state index is 0.0148. The Morgan fingerprint density at radius 3 is 2.25 bits per heavy atom. The van der Waals surface area contributed by atoms with Crippen molar-refractivity contribution in [3.05, 3.63) is 72.3 Å². The maximum atomic E-state index is 13.5. The average Bonchev–Trinajstić information content (AvgIpc) is 2.92. The van der Waals surface area contributed by atoms with Crippen molar-refractivity contribution in [2.24, 2.45) is 0 Å². The van der Waals surface area contributed by atoms with E-state index in [4.69, 9.17) is 42.1 Å². The minimum atomic E-state index is -1.32. The lowest BCUT2D eigenvalue weighted by Gasteiger charge is -2.47. The number of nitrogens with one attached hydrogen (secondary N) is 1. The number of ether oxygens (including phenoxy) is 4. The molecular formula is C28H30Cl2N2O8. The standard InChI is InChI=1S/C28H30Cl2N2O8/c1-16(15-29)21(26(35)37-5)32-23(30)20(25(32)34)31-24(33)22(40-28(2,3)4)18-13-9-10-14-19(18)39-27(36)38-17-11-7-6-8-12-17/h6-14,20-23H,1,15H2,2-5H3,(H,31,33). The zero-order valence-electron chi connectivity index (χ0n) is 22.4. The number of hydrogen-bond donors (Lipinski definition) is 1. The minimum Gasteiger partial charge on any atom is -0.467 e. The maximum absolute atomic E-state index is 13.5. The molecule has 2 aromatic rings. The fourth-order valence-corrected chi connectivity index (χ4v) is 4.39. The van der Waals surface area contributed by atoms with Crippen molar-refractivity contribution in [1.29, 1.82) is 0 Å². The topological polar surface area (TPSA) is 120 Å². The molecule has 4 unspecified atom stereocenters. The highest BCUT2D eigenvalue weighted by Crippen LogP contribution is 2.34. The van der Waals surface area contributed by atoms with Crippen molar-refractivity contribution in [2.75, 3.05) is 13.0 Å². The van der Waals surface area contributed by atoms with Gasteiger partial charge in [-0.05, 0) is 44.5 Å². The van der Waals surface area contributed by atoms with Gasteiger partial charge < -0.3 is 29.2 Å². The Bertz CT molecular complexity index is 1250. The van der Waals surface area contributed by atoms with E-state index >= 15 is 0 Å². The van der Waals surface area contributed by atoms with Crippen molar-refractivity contribution in [3.8, 4) is 11.5 Å². The van der Waals surface area contributed by atoms with Crippen LogP contribution >= 0.6 is 23.2 Å². The summed E-state index contributed by atoms with van der Waals surface area (Å²) in [6, 6.07) is 12.2. The molecule has 0 aliphatic carbocycles. The molecule has 40 heavy (non-hydrogen) atoms. The molecule has 4 atom stereocenters. The van der Waals surface area contributed by atoms with E-state index in [0.29, 0.717) is 0 Å². The SMILES string of the molecule is C=C(CCl)C(C(=O)OC)N1C(=O)C(NC(=O)C(OC(C)(C)C)c2ccccc2OC(=O)Oc2ccccc2)C1Cl. The molecule has 2 amide bonds. The van der Waals surface area contributed by atoms with Crippen molar-refractivity contribution >= 4 is 47.1 Å². The molecule has 0 saturated carbocycles. The lowest BCUT2D eigenvalue weighted by Crippen LogP contribution is -2.72. The van der Waals surface area contributed by atoms with Crippen LogP contribution < -0.4 is 14.8 Å². The number of methoxy groups -OCH3 is 1. The first kappa shape index (κ1) is 30.9. The van der Waals surface area contributed by atoms with Crippen LogP contribution in [0.25, 0.3) is 0 Å². The molecule has 12 heteroatoms. The Morgan fingerprint density at radius 1 is 1.05 bits per heavy atom. The Balaban J connectivity index is 1.82. The van der Waals surface area contributed by atoms with Gasteiger partial charge in [0.05, 0.1) is 12.7 Å². The van der Waals surface area contributed by atoms with Crippen LogP contribution in [0.1, 0.15) is 32.4 Å². The van der Waals surface area contributed by atoms with Gasteiger partial charge in [-0.25, -0.2) is 9.59 Å². The van der Waals surface area contributed by atoms with Crippen LogP contribution in [0, 0.1) is 0 Å². The molecule has 2 aromatic carbocycles. The Labute approximate surface area is 242 Å². The molecule has 1 heterocycles. The quantitative estimate of drug-likeness (QED) is 0.108. The number of halogens is 2. The Kier molecular flexibility index (Phi) is 10.2. The number of esters is 1. The van der Waals surface area contributed by atoms with Gasteiger partial charge in [0, 0.05) is 11.4 Å². The summed E-state index contributed by atoms with van der Waals surface area (Å²) < 4.78 is 21.4. The van der Waals surface area contributed by atoms with Crippen molar-refractivity contribution in [2.45, 2.75) is 50.1 Å². The van der Waals surface area contributed by atoms with Crippen LogP contribution in [0.2, 0.25) is 0 Å². The predicted molar refractivity (Wildman–Crippen MR) is 147 cm³/mol. The van der Waals surface area contributed by atoms with E-state index in [0.717, 1.165) is 12.0 Å². The smallest absolute Gasteiger partial charge is 0.467 e. The fourth-order valence-electron chi connectivity index (χ4n) is 3.87. The molecule has 1 fully saturated rings. The fraction of sp³-hybridized carbons (Fsp3) is 0.357. The van der Waals surface area contributed by atoms with Gasteiger partial charge in [0.25, 0.3) is 11.8 Å². The molecule has 0 aromatic heterocycles. The second-order valence-corrected chi connectivity index (χ2v) is 10.5. The first-order valence-corrected chi connectivity index (χ1v) is 13.1. The monoisotopic (exact) mass is 592 g/mol. The molecule has 1 aliphatic rings. The highest BCUT2D eigenvalue weighted by molar-refractivity contribution is 6.27. The number of para-hydroxylation sites is 2. The third-order valence-corrected chi connectivity index (χ3v) is 6.47. The third-order valence-electron chi connectivity index (χ3n) is 5.67. The maximum Gasteiger partial charge on any atom is 0.519 e. The number of amides is 2. The zero-order valence-corrected chi connectivity index (χ0v) is 23.9. The summed E-state index contributed by atoms with van der Waals surface area (Å²) in [5, 5.41) is 2.58. The third kappa shape index (κ3) is 7.32. The van der Waals surface area contributed by atoms with Crippen LogP contribution in [-0.2, 0) is 23.9 Å². The molecule has 0 bridgehead atoms. The summed E-state index contributed by atoms with van der Waals surface area (Å²) in [5.41, 5.74) is -1.52. The van der Waals surface area contributed by atoms with Crippen LogP contribution in [0.3, 0.4) is 0 Å². The molecule has 214 valence electrons. The van der Waals surface area contributed by atoms with E-state index in [1.165, 1.54) is 6.07 Å². The van der Waals surface area contributed by atoms with Crippen LogP contribution in [-0.4, -0.2) is 65.0 Å². The van der Waals surface area contributed by atoms with Crippen LogP contribution in [0.15, 0.2) is 66.7 Å². The molecular weight excluding hydrogens is 563 g/mol. The van der Waals surface area contributed by atoms with Gasteiger partial charge in [-0.3, -0.25) is 9.59 Å². The molecule has 0 radical (unpaired) electrons. The molecule has 1 N–H and O–H groups in total. The summed E-state index contributed by atoms with van der Waals surface area (Å²) in [5.74, 6) is -1.96. The van der Waals surface area contributed by atoms with E-state index in [9.17, 15) is 19.2 Å². The highest BCUT2D eigenvalue weighted by Gasteiger charge is 2.53. The summed E-state index contributed by atoms with van der Waals surface area (Å²) in [6.07, 6.45) is -2.34. The number of carbonyl (C=O) groups excluding carboxylic acids is 4. The second kappa shape index (κ2) is 13.2. The number of rotatable bonds is 10. The van der Waals surface area contributed by atoms with Gasteiger partial charge in [-0.1, -0.05) is 54.6 Å². The van der Waals surface area contributed by atoms with Gasteiger partial charge in [-0.2, -0.15) is 0 Å². The number of nitrogens with zero attached hydrogens (tertiary/aromatic N) is 1. The van der Waals surface area contributed by atoms with E-state index in [1.54, 1.807) is 69.3 Å². The van der Waals surface area contributed by atoms with E-state index < -0.39 is 53.2 Å².